The molecule has 0 saturated carbocycles. The van der Waals surface area contributed by atoms with Crippen molar-refractivity contribution in [2.45, 2.75) is 6.92 Å². The molecular formula is C25H18ClN3O3S. The maximum Gasteiger partial charge on any atom is 0.291 e. The first kappa shape index (κ1) is 21.2. The van der Waals surface area contributed by atoms with E-state index in [2.05, 4.69) is 10.1 Å². The van der Waals surface area contributed by atoms with Crippen molar-refractivity contribution < 1.29 is 9.15 Å². The van der Waals surface area contributed by atoms with Gasteiger partial charge in [0.25, 0.3) is 5.56 Å². The average Bonchev–Trinajstić information content (AvgIpc) is 3.51. The molecule has 33 heavy (non-hydrogen) atoms. The Labute approximate surface area is 198 Å². The van der Waals surface area contributed by atoms with E-state index in [1.54, 1.807) is 24.3 Å². The van der Waals surface area contributed by atoms with E-state index in [4.69, 9.17) is 20.8 Å². The number of benzene rings is 2. The van der Waals surface area contributed by atoms with Gasteiger partial charge in [-0.2, -0.15) is 9.50 Å². The maximum atomic E-state index is 12.8. The lowest BCUT2D eigenvalue weighted by Gasteiger charge is -2.01. The van der Waals surface area contributed by atoms with E-state index in [1.165, 1.54) is 15.9 Å². The largest absolute Gasteiger partial charge is 0.494 e. The van der Waals surface area contributed by atoms with Crippen LogP contribution in [0, 0.1) is 0 Å². The van der Waals surface area contributed by atoms with Crippen molar-refractivity contribution in [3.05, 3.63) is 97.7 Å². The molecule has 0 aliphatic rings. The number of aromatic nitrogens is 3. The second-order valence-electron chi connectivity index (χ2n) is 7.10. The minimum absolute atomic E-state index is 0.237. The number of furan rings is 1. The first-order valence-corrected chi connectivity index (χ1v) is 11.5. The Bertz CT molecular complexity index is 1560. The zero-order valence-corrected chi connectivity index (χ0v) is 19.1. The minimum Gasteiger partial charge on any atom is -0.494 e. The van der Waals surface area contributed by atoms with Crippen LogP contribution >= 0.6 is 22.9 Å². The van der Waals surface area contributed by atoms with Crippen LogP contribution in [0.15, 0.2) is 69.9 Å². The van der Waals surface area contributed by atoms with Crippen molar-refractivity contribution >= 4 is 46.1 Å². The first-order chi connectivity index (χ1) is 16.1. The Hall–Kier alpha value is -3.68. The van der Waals surface area contributed by atoms with E-state index < -0.39 is 0 Å². The topological polar surface area (TPSA) is 69.6 Å². The zero-order valence-electron chi connectivity index (χ0n) is 17.6. The highest BCUT2D eigenvalue weighted by atomic mass is 35.5. The highest BCUT2D eigenvalue weighted by Gasteiger charge is 2.11. The number of hydrogen-bond acceptors (Lipinski definition) is 6. The van der Waals surface area contributed by atoms with Gasteiger partial charge < -0.3 is 9.15 Å². The van der Waals surface area contributed by atoms with Gasteiger partial charge in [0.1, 0.15) is 21.8 Å². The van der Waals surface area contributed by atoms with Gasteiger partial charge in [-0.15, -0.1) is 5.10 Å². The molecule has 0 radical (unpaired) electrons. The Balaban J connectivity index is 1.39. The molecule has 3 aromatic heterocycles. The lowest BCUT2D eigenvalue weighted by Crippen LogP contribution is -2.23. The van der Waals surface area contributed by atoms with Gasteiger partial charge in [0.05, 0.1) is 11.6 Å². The van der Waals surface area contributed by atoms with Crippen molar-refractivity contribution in [1.82, 2.24) is 14.6 Å². The van der Waals surface area contributed by atoms with E-state index in [-0.39, 0.29) is 5.56 Å². The van der Waals surface area contributed by atoms with E-state index in [0.717, 1.165) is 16.9 Å². The molecule has 8 heteroatoms. The fraction of sp³-hybridized carbons (Fsp3) is 0.0800. The average molecular weight is 476 g/mol. The highest BCUT2D eigenvalue weighted by molar-refractivity contribution is 7.15. The highest BCUT2D eigenvalue weighted by Crippen LogP contribution is 2.29. The molecule has 6 nitrogen and oxygen atoms in total. The molecule has 0 unspecified atom stereocenters. The van der Waals surface area contributed by atoms with Gasteiger partial charge in [0, 0.05) is 11.6 Å². The van der Waals surface area contributed by atoms with Gasteiger partial charge >= 0.3 is 0 Å². The summed E-state index contributed by atoms with van der Waals surface area (Å²) in [5, 5.41) is 4.93. The van der Waals surface area contributed by atoms with Crippen LogP contribution in [-0.2, 0) is 0 Å². The number of thiazole rings is 1. The Kier molecular flexibility index (Phi) is 5.81. The van der Waals surface area contributed by atoms with Crippen LogP contribution in [0.25, 0.3) is 34.5 Å². The molecule has 0 spiro atoms. The summed E-state index contributed by atoms with van der Waals surface area (Å²) in [6, 6.07) is 18.8. The van der Waals surface area contributed by atoms with Gasteiger partial charge in [-0.25, -0.2) is 0 Å². The zero-order chi connectivity index (χ0) is 22.8. The summed E-state index contributed by atoms with van der Waals surface area (Å²) in [6.45, 7) is 2.58. The third-order valence-electron chi connectivity index (χ3n) is 4.85. The Morgan fingerprint density at radius 2 is 1.91 bits per heavy atom. The SMILES string of the molecule is CCOc1ccc(/C=C/c2nc3s/c(=C\c4ccc(-c5ccccc5Cl)o4)c(=O)n3n2)cc1. The Morgan fingerprint density at radius 3 is 2.67 bits per heavy atom. The van der Waals surface area contributed by atoms with E-state index in [9.17, 15) is 4.79 Å². The third-order valence-corrected chi connectivity index (χ3v) is 6.14. The van der Waals surface area contributed by atoms with Gasteiger partial charge in [0.15, 0.2) is 5.82 Å². The van der Waals surface area contributed by atoms with Crippen molar-refractivity contribution in [2.24, 2.45) is 0 Å². The monoisotopic (exact) mass is 475 g/mol. The molecule has 2 aromatic carbocycles. The molecule has 164 valence electrons. The summed E-state index contributed by atoms with van der Waals surface area (Å²) in [7, 11) is 0. The first-order valence-electron chi connectivity index (χ1n) is 10.3. The van der Waals surface area contributed by atoms with Gasteiger partial charge in [-0.05, 0) is 55.0 Å². The molecule has 0 amide bonds. The minimum atomic E-state index is -0.237. The number of fused-ring (bicyclic) bond motifs is 1. The molecular weight excluding hydrogens is 458 g/mol. The summed E-state index contributed by atoms with van der Waals surface area (Å²) >= 11 is 7.50. The number of rotatable bonds is 6. The van der Waals surface area contributed by atoms with Gasteiger partial charge in [-0.1, -0.05) is 53.3 Å². The van der Waals surface area contributed by atoms with Crippen LogP contribution in [-0.4, -0.2) is 21.2 Å². The van der Waals surface area contributed by atoms with E-state index >= 15 is 0 Å². The Morgan fingerprint density at radius 1 is 1.09 bits per heavy atom. The molecule has 0 fully saturated rings. The summed E-state index contributed by atoms with van der Waals surface area (Å²) in [4.78, 5) is 17.8. The number of ether oxygens (including phenoxy) is 1. The predicted molar refractivity (Wildman–Crippen MR) is 132 cm³/mol. The van der Waals surface area contributed by atoms with Crippen molar-refractivity contribution in [1.29, 1.82) is 0 Å². The van der Waals surface area contributed by atoms with Crippen molar-refractivity contribution in [3.8, 4) is 17.1 Å². The summed E-state index contributed by atoms with van der Waals surface area (Å²) in [6.07, 6.45) is 5.37. The molecule has 5 aromatic rings. The van der Waals surface area contributed by atoms with E-state index in [1.807, 2.05) is 61.5 Å². The quantitative estimate of drug-likeness (QED) is 0.338. The van der Waals surface area contributed by atoms with Crippen molar-refractivity contribution in [2.75, 3.05) is 6.61 Å². The van der Waals surface area contributed by atoms with Crippen LogP contribution in [0.3, 0.4) is 0 Å². The maximum absolute atomic E-state index is 12.8. The molecule has 0 aliphatic heterocycles. The second kappa shape index (κ2) is 9.05. The van der Waals surface area contributed by atoms with Crippen LogP contribution in [0.4, 0.5) is 0 Å². The lowest BCUT2D eigenvalue weighted by atomic mass is 10.2. The molecule has 0 bridgehead atoms. The van der Waals surface area contributed by atoms with Crippen molar-refractivity contribution in [3.63, 3.8) is 0 Å². The predicted octanol–water partition coefficient (Wildman–Crippen LogP) is 5.18. The fourth-order valence-corrected chi connectivity index (χ4v) is 4.42. The number of nitrogens with zero attached hydrogens (tertiary/aromatic N) is 3. The molecule has 5 rings (SSSR count). The standard InChI is InChI=1S/C25H18ClN3O3S/c1-2-31-17-10-7-16(8-11-17)9-14-23-27-25-29(28-23)24(30)22(33-25)15-18-12-13-21(32-18)19-5-3-4-6-20(19)26/h3-15H,2H2,1H3/b14-9+,22-15-. The van der Waals surface area contributed by atoms with Gasteiger partial charge in [-0.3, -0.25) is 4.79 Å². The molecule has 0 aliphatic carbocycles. The summed E-state index contributed by atoms with van der Waals surface area (Å²) < 4.78 is 13.1. The molecule has 0 saturated heterocycles. The van der Waals surface area contributed by atoms with Gasteiger partial charge in [0.2, 0.25) is 4.96 Å². The molecule has 0 atom stereocenters. The van der Waals surface area contributed by atoms with Crippen LogP contribution in [0.5, 0.6) is 5.75 Å². The summed E-state index contributed by atoms with van der Waals surface area (Å²) in [5.74, 6) is 2.49. The third kappa shape index (κ3) is 4.46. The lowest BCUT2D eigenvalue weighted by molar-refractivity contribution is 0.340. The fourth-order valence-electron chi connectivity index (χ4n) is 3.30. The van der Waals surface area contributed by atoms with E-state index in [0.29, 0.717) is 38.5 Å². The smallest absolute Gasteiger partial charge is 0.291 e. The molecule has 3 heterocycles. The van der Waals surface area contributed by atoms with Crippen LogP contribution < -0.4 is 14.8 Å². The normalized spacial score (nSPS) is 12.2. The molecule has 0 N–H and O–H groups in total. The number of halogens is 1. The second-order valence-corrected chi connectivity index (χ2v) is 8.51. The van der Waals surface area contributed by atoms with Crippen LogP contribution in [0.2, 0.25) is 5.02 Å². The number of hydrogen-bond donors (Lipinski definition) is 0. The summed E-state index contributed by atoms with van der Waals surface area (Å²) in [5.41, 5.74) is 1.55. The van der Waals surface area contributed by atoms with Crippen LogP contribution in [0.1, 0.15) is 24.1 Å².